The number of aromatic nitrogens is 2. The molecule has 1 aliphatic carbocycles. The Bertz CT molecular complexity index is 930. The molecule has 1 saturated carbocycles. The Kier molecular flexibility index (Phi) is 5.05. The molecule has 4 rings (SSSR count). The van der Waals surface area contributed by atoms with Gasteiger partial charge in [-0.05, 0) is 37.3 Å². The summed E-state index contributed by atoms with van der Waals surface area (Å²) < 4.78 is 20.8. The Labute approximate surface area is 157 Å². The second-order valence-electron chi connectivity index (χ2n) is 7.33. The molecular formula is C21H24FN3O2. The van der Waals surface area contributed by atoms with Gasteiger partial charge in [0.2, 0.25) is 0 Å². The monoisotopic (exact) mass is 369 g/mol. The van der Waals surface area contributed by atoms with Gasteiger partial charge in [0.15, 0.2) is 5.82 Å². The first kappa shape index (κ1) is 17.9. The van der Waals surface area contributed by atoms with Crippen LogP contribution >= 0.6 is 0 Å². The van der Waals surface area contributed by atoms with Gasteiger partial charge >= 0.3 is 6.01 Å². The molecule has 2 aromatic rings. The molecule has 2 heterocycles. The molecule has 0 atom stereocenters. The topological polar surface area (TPSA) is 56.5 Å². The van der Waals surface area contributed by atoms with Gasteiger partial charge in [0.1, 0.15) is 11.6 Å². The molecule has 1 aliphatic heterocycles. The van der Waals surface area contributed by atoms with E-state index in [4.69, 9.17) is 9.73 Å². The third kappa shape index (κ3) is 3.66. The molecule has 1 aromatic heterocycles. The zero-order valence-corrected chi connectivity index (χ0v) is 15.6. The predicted octanol–water partition coefficient (Wildman–Crippen LogP) is 4.79. The van der Waals surface area contributed by atoms with Gasteiger partial charge in [-0.15, -0.1) is 0 Å². The molecule has 142 valence electrons. The van der Waals surface area contributed by atoms with E-state index in [1.165, 1.54) is 31.4 Å². The molecule has 0 saturated heterocycles. The number of nitrogens with zero attached hydrogens (tertiary/aromatic N) is 3. The third-order valence-corrected chi connectivity index (χ3v) is 5.34. The van der Waals surface area contributed by atoms with Crippen LogP contribution in [-0.4, -0.2) is 15.3 Å². The summed E-state index contributed by atoms with van der Waals surface area (Å²) in [6.45, 7) is 2.50. The van der Waals surface area contributed by atoms with Gasteiger partial charge in [0.25, 0.3) is 5.56 Å². The second kappa shape index (κ2) is 7.62. The molecule has 0 radical (unpaired) electrons. The molecule has 0 amide bonds. The fraction of sp³-hybridized carbons (Fsp3) is 0.476. The molecule has 6 heteroatoms. The lowest BCUT2D eigenvalue weighted by Gasteiger charge is -2.21. The van der Waals surface area contributed by atoms with Crippen molar-refractivity contribution in [3.63, 3.8) is 0 Å². The second-order valence-corrected chi connectivity index (χ2v) is 7.33. The van der Waals surface area contributed by atoms with E-state index in [0.717, 1.165) is 25.0 Å². The number of ether oxygens (including phenoxy) is 1. The highest BCUT2D eigenvalue weighted by Gasteiger charge is 2.29. The van der Waals surface area contributed by atoms with E-state index < -0.39 is 5.82 Å². The Morgan fingerprint density at radius 3 is 2.81 bits per heavy atom. The smallest absolute Gasteiger partial charge is 0.306 e. The number of halogens is 1. The summed E-state index contributed by atoms with van der Waals surface area (Å²) in [6, 6.07) is 6.03. The van der Waals surface area contributed by atoms with Crippen molar-refractivity contribution in [3.05, 3.63) is 46.0 Å². The van der Waals surface area contributed by atoms with Crippen LogP contribution in [0.1, 0.15) is 51.0 Å². The summed E-state index contributed by atoms with van der Waals surface area (Å²) in [6.07, 6.45) is 7.38. The Hall–Kier alpha value is -2.50. The Balaban J connectivity index is 1.70. The number of fused-ring (bicyclic) bond motifs is 1. The van der Waals surface area contributed by atoms with Crippen molar-refractivity contribution in [3.8, 4) is 11.8 Å². The lowest BCUT2D eigenvalue weighted by Crippen LogP contribution is -2.27. The maximum Gasteiger partial charge on any atom is 0.306 e. The molecule has 1 fully saturated rings. The molecule has 1 aromatic carbocycles. The van der Waals surface area contributed by atoms with Crippen LogP contribution < -0.4 is 10.3 Å². The van der Waals surface area contributed by atoms with E-state index >= 15 is 0 Å². The first-order chi connectivity index (χ1) is 13.2. The van der Waals surface area contributed by atoms with Gasteiger partial charge in [-0.3, -0.25) is 9.36 Å². The number of aliphatic imine (C=N–C) groups is 1. The van der Waals surface area contributed by atoms with Crippen LogP contribution in [0, 0.1) is 11.7 Å². The zero-order valence-electron chi connectivity index (χ0n) is 15.6. The summed E-state index contributed by atoms with van der Waals surface area (Å²) in [7, 11) is 0. The SMILES string of the molecule is CCCn1c(Oc2cccc(F)c2)nc2c(c1=O)CC(C1CCCCC1)=N2. The molecule has 5 nitrogen and oxygen atoms in total. The lowest BCUT2D eigenvalue weighted by atomic mass is 9.84. The molecule has 27 heavy (non-hydrogen) atoms. The average Bonchev–Trinajstić information content (AvgIpc) is 3.10. The van der Waals surface area contributed by atoms with E-state index in [2.05, 4.69) is 4.98 Å². The third-order valence-electron chi connectivity index (χ3n) is 5.34. The molecule has 2 aliphatic rings. The van der Waals surface area contributed by atoms with E-state index in [1.807, 2.05) is 6.92 Å². The standard InChI is InChI=1S/C21H24FN3O2/c1-2-11-25-20(26)17-13-18(14-7-4-3-5-8-14)23-19(17)24-21(25)27-16-10-6-9-15(22)12-16/h6,9-10,12,14H,2-5,7-8,11,13H2,1H3. The number of benzene rings is 1. The molecule has 0 bridgehead atoms. The maximum atomic E-state index is 13.5. The first-order valence-corrected chi connectivity index (χ1v) is 9.80. The predicted molar refractivity (Wildman–Crippen MR) is 103 cm³/mol. The van der Waals surface area contributed by atoms with Crippen molar-refractivity contribution in [2.24, 2.45) is 10.9 Å². The van der Waals surface area contributed by atoms with Crippen LogP contribution in [0.2, 0.25) is 0 Å². The van der Waals surface area contributed by atoms with Crippen LogP contribution in [-0.2, 0) is 13.0 Å². The Morgan fingerprint density at radius 2 is 2.07 bits per heavy atom. The number of hydrogen-bond donors (Lipinski definition) is 0. The van der Waals surface area contributed by atoms with E-state index in [0.29, 0.717) is 36.0 Å². The Morgan fingerprint density at radius 1 is 1.26 bits per heavy atom. The largest absolute Gasteiger partial charge is 0.425 e. The lowest BCUT2D eigenvalue weighted by molar-refractivity contribution is 0.393. The van der Waals surface area contributed by atoms with Crippen molar-refractivity contribution in [1.29, 1.82) is 0 Å². The van der Waals surface area contributed by atoms with Gasteiger partial charge in [0.05, 0.1) is 5.56 Å². The molecule has 0 unspecified atom stereocenters. The maximum absolute atomic E-state index is 13.5. The fourth-order valence-electron chi connectivity index (χ4n) is 3.97. The molecule has 0 N–H and O–H groups in total. The molecular weight excluding hydrogens is 345 g/mol. The highest BCUT2D eigenvalue weighted by molar-refractivity contribution is 5.94. The van der Waals surface area contributed by atoms with Gasteiger partial charge < -0.3 is 4.74 Å². The first-order valence-electron chi connectivity index (χ1n) is 9.80. The van der Waals surface area contributed by atoms with Crippen molar-refractivity contribution >= 4 is 11.5 Å². The highest BCUT2D eigenvalue weighted by atomic mass is 19.1. The van der Waals surface area contributed by atoms with Crippen LogP contribution in [0.25, 0.3) is 0 Å². The minimum Gasteiger partial charge on any atom is -0.425 e. The van der Waals surface area contributed by atoms with Crippen LogP contribution in [0.3, 0.4) is 0 Å². The summed E-state index contributed by atoms with van der Waals surface area (Å²) in [5, 5.41) is 0. The number of rotatable bonds is 5. The van der Waals surface area contributed by atoms with E-state index in [1.54, 1.807) is 16.7 Å². The summed E-state index contributed by atoms with van der Waals surface area (Å²) in [4.78, 5) is 22.3. The van der Waals surface area contributed by atoms with Crippen LogP contribution in [0.5, 0.6) is 11.8 Å². The average molecular weight is 369 g/mol. The van der Waals surface area contributed by atoms with Gasteiger partial charge in [-0.25, -0.2) is 9.38 Å². The van der Waals surface area contributed by atoms with E-state index in [-0.39, 0.29) is 11.6 Å². The highest BCUT2D eigenvalue weighted by Crippen LogP contribution is 2.33. The fourth-order valence-corrected chi connectivity index (χ4v) is 3.97. The van der Waals surface area contributed by atoms with E-state index in [9.17, 15) is 9.18 Å². The normalized spacial score (nSPS) is 16.9. The van der Waals surface area contributed by atoms with Crippen LogP contribution in [0.15, 0.2) is 34.1 Å². The summed E-state index contributed by atoms with van der Waals surface area (Å²) >= 11 is 0. The quantitative estimate of drug-likeness (QED) is 0.761. The minimum absolute atomic E-state index is 0.0946. The van der Waals surface area contributed by atoms with Gasteiger partial charge in [-0.1, -0.05) is 32.3 Å². The number of hydrogen-bond acceptors (Lipinski definition) is 4. The van der Waals surface area contributed by atoms with Crippen molar-refractivity contribution in [2.75, 3.05) is 0 Å². The zero-order chi connectivity index (χ0) is 18.8. The molecule has 0 spiro atoms. The van der Waals surface area contributed by atoms with Crippen LogP contribution in [0.4, 0.5) is 10.2 Å². The summed E-state index contributed by atoms with van der Waals surface area (Å²) in [5.41, 5.74) is 1.65. The van der Waals surface area contributed by atoms with Gasteiger partial charge in [-0.2, -0.15) is 4.98 Å². The van der Waals surface area contributed by atoms with Crippen molar-refractivity contribution in [2.45, 2.75) is 58.4 Å². The van der Waals surface area contributed by atoms with Gasteiger partial charge in [0, 0.05) is 24.7 Å². The van der Waals surface area contributed by atoms with Crippen molar-refractivity contribution < 1.29 is 9.13 Å². The van der Waals surface area contributed by atoms with Crippen molar-refractivity contribution in [1.82, 2.24) is 9.55 Å². The summed E-state index contributed by atoms with van der Waals surface area (Å²) in [5.74, 6) is 0.857. The minimum atomic E-state index is -0.393.